The fourth-order valence-electron chi connectivity index (χ4n) is 14.1. The predicted molar refractivity (Wildman–Crippen MR) is 222 cm³/mol. The molecule has 5 heterocycles. The number of aliphatic hydroxyl groups is 10. The fourth-order valence-corrected chi connectivity index (χ4v) is 14.1. The summed E-state index contributed by atoms with van der Waals surface area (Å²) in [6.07, 6.45) is -14.7. The van der Waals surface area contributed by atoms with E-state index < -0.39 is 123 Å². The molecule has 27 atom stereocenters. The van der Waals surface area contributed by atoms with Gasteiger partial charge in [0, 0.05) is 30.8 Å². The fraction of sp³-hybridized carbons (Fsp3) is 0.957. The number of ether oxygens (including phenoxy) is 9. The zero-order chi connectivity index (χ0) is 46.7. The molecule has 10 N–H and O–H groups in total. The van der Waals surface area contributed by atoms with Gasteiger partial charge in [-0.15, -0.1) is 0 Å². The van der Waals surface area contributed by atoms with Gasteiger partial charge in [0.2, 0.25) is 0 Å². The number of hydrogen-bond acceptors (Lipinski definition) is 19. The normalized spacial score (nSPS) is 57.8. The Labute approximate surface area is 379 Å². The van der Waals surface area contributed by atoms with Crippen molar-refractivity contribution in [1.82, 2.24) is 0 Å². The lowest BCUT2D eigenvalue weighted by atomic mass is 9.46. The first-order valence-electron chi connectivity index (χ1n) is 24.0. The molecule has 0 aromatic heterocycles. The van der Waals surface area contributed by atoms with E-state index >= 15 is 0 Å². The summed E-state index contributed by atoms with van der Waals surface area (Å²) in [6.45, 7) is 9.14. The zero-order valence-electron chi connectivity index (χ0n) is 38.3. The van der Waals surface area contributed by atoms with Gasteiger partial charge in [0.05, 0.1) is 31.5 Å². The SMILES string of the molecule is CO[C@@H]1O[C@]2(CC[C@H]1C)O[C@H]1C[C@@H]3[C@@H]4CC=C5C[C@@H](O[C@@H]6O[C@H](CO[C@@H]7O[C@H](CO)[C@@H](O)[C@H](O)[C@H]7O)[C@@H](O)[C@H](O)[C@H]6O[C@@H]6O[C@@H](C)[C@H](O)[C@@H](O)[C@H]6O)CC[C@]5(C)[C@H]4CC[C@]3(C)[C@@]1(O)[C@@H]2C. The molecule has 3 saturated carbocycles. The Morgan fingerprint density at radius 2 is 1.38 bits per heavy atom. The van der Waals surface area contributed by atoms with Gasteiger partial charge in [-0.2, -0.15) is 0 Å². The molecule has 5 saturated heterocycles. The van der Waals surface area contributed by atoms with Crippen molar-refractivity contribution in [1.29, 1.82) is 0 Å². The number of rotatable bonds is 9. The third-order valence-electron chi connectivity index (χ3n) is 18.3. The molecule has 0 bridgehead atoms. The zero-order valence-corrected chi connectivity index (χ0v) is 38.3. The van der Waals surface area contributed by atoms with Gasteiger partial charge in [-0.3, -0.25) is 0 Å². The van der Waals surface area contributed by atoms with E-state index in [1.807, 2.05) is 0 Å². The highest BCUT2D eigenvalue weighted by atomic mass is 16.8. The van der Waals surface area contributed by atoms with Crippen LogP contribution in [0.15, 0.2) is 11.6 Å². The van der Waals surface area contributed by atoms with E-state index in [-0.39, 0.29) is 41.0 Å². The van der Waals surface area contributed by atoms with Gasteiger partial charge in [-0.1, -0.05) is 39.3 Å². The molecule has 19 nitrogen and oxygen atoms in total. The Morgan fingerprint density at radius 1 is 0.692 bits per heavy atom. The third kappa shape index (κ3) is 7.74. The van der Waals surface area contributed by atoms with Crippen LogP contribution in [-0.2, 0) is 42.6 Å². The summed E-state index contributed by atoms with van der Waals surface area (Å²) in [7, 11) is 1.66. The number of methoxy groups -OCH3 is 1. The van der Waals surface area contributed by atoms with Crippen LogP contribution in [0.2, 0.25) is 0 Å². The lowest BCUT2D eigenvalue weighted by molar-refractivity contribution is -0.375. The molecule has 65 heavy (non-hydrogen) atoms. The van der Waals surface area contributed by atoms with E-state index in [9.17, 15) is 51.1 Å². The van der Waals surface area contributed by atoms with Crippen LogP contribution in [0.5, 0.6) is 0 Å². The monoisotopic (exact) mass is 930 g/mol. The molecular weight excluding hydrogens is 856 g/mol. The van der Waals surface area contributed by atoms with Crippen LogP contribution in [0.3, 0.4) is 0 Å². The molecule has 9 aliphatic rings. The van der Waals surface area contributed by atoms with Crippen LogP contribution in [0, 0.1) is 40.4 Å². The van der Waals surface area contributed by atoms with Crippen LogP contribution < -0.4 is 0 Å². The van der Waals surface area contributed by atoms with Crippen molar-refractivity contribution in [3.8, 4) is 0 Å². The van der Waals surface area contributed by atoms with Gasteiger partial charge in [0.1, 0.15) is 72.7 Å². The van der Waals surface area contributed by atoms with Crippen molar-refractivity contribution >= 4 is 0 Å². The molecule has 372 valence electrons. The molecule has 8 fully saturated rings. The van der Waals surface area contributed by atoms with Crippen LogP contribution in [-0.4, -0.2) is 193 Å². The minimum Gasteiger partial charge on any atom is -0.394 e. The first-order valence-corrected chi connectivity index (χ1v) is 24.0. The summed E-state index contributed by atoms with van der Waals surface area (Å²) in [5.41, 5.74) is -0.327. The van der Waals surface area contributed by atoms with Gasteiger partial charge in [0.25, 0.3) is 0 Å². The average Bonchev–Trinajstić information content (AvgIpc) is 3.64. The summed E-state index contributed by atoms with van der Waals surface area (Å²) >= 11 is 0. The average molecular weight is 931 g/mol. The van der Waals surface area contributed by atoms with Crippen molar-refractivity contribution < 1.29 is 93.7 Å². The molecule has 19 heteroatoms. The Bertz CT molecular complexity index is 1720. The van der Waals surface area contributed by atoms with Crippen LogP contribution >= 0.6 is 0 Å². The van der Waals surface area contributed by atoms with Crippen LogP contribution in [0.25, 0.3) is 0 Å². The largest absolute Gasteiger partial charge is 0.394 e. The van der Waals surface area contributed by atoms with E-state index in [0.29, 0.717) is 31.1 Å². The van der Waals surface area contributed by atoms with Crippen molar-refractivity contribution in [2.24, 2.45) is 40.4 Å². The maximum atomic E-state index is 12.9. The minimum absolute atomic E-state index is 0.152. The highest BCUT2D eigenvalue weighted by molar-refractivity contribution is 5.29. The first kappa shape index (κ1) is 49.0. The van der Waals surface area contributed by atoms with E-state index in [2.05, 4.69) is 33.8 Å². The Balaban J connectivity index is 0.911. The van der Waals surface area contributed by atoms with Crippen molar-refractivity contribution in [2.45, 2.75) is 214 Å². The molecule has 5 aliphatic heterocycles. The third-order valence-corrected chi connectivity index (χ3v) is 18.3. The number of hydrogen-bond donors (Lipinski definition) is 10. The molecule has 9 rings (SSSR count). The molecule has 0 radical (unpaired) electrons. The maximum Gasteiger partial charge on any atom is 0.187 e. The highest BCUT2D eigenvalue weighted by Crippen LogP contribution is 2.72. The number of aliphatic hydroxyl groups excluding tert-OH is 9. The standard InChI is InChI=1S/C46H74O19/c1-19-9-14-45(65-39(19)57-6)21(3)46(56)29(64-45)16-26-24-8-7-22-15-23(10-12-43(22,4)25(24)11-13-44(26,46)5)60-42-38(63-41-37(55)33(51)30(48)20(2)59-41)35(53)32(50)28(62-42)18-58-40-36(54)34(52)31(49)27(17-47)61-40/h7,19-21,23-42,47-56H,8-18H2,1-6H3/t19-,20+,21-,23+,24-,25+,26-,27-,28-,29+,30+,31-,32-,33-,34+,35+,36-,37-,38-,39-,40-,41+,42-,43+,44+,45+,46-/m1/s1. The second-order valence-electron chi connectivity index (χ2n) is 21.5. The van der Waals surface area contributed by atoms with Gasteiger partial charge in [0.15, 0.2) is 30.9 Å². The number of allylic oxidation sites excluding steroid dienone is 1. The summed E-state index contributed by atoms with van der Waals surface area (Å²) < 4.78 is 55.1. The van der Waals surface area contributed by atoms with E-state index in [0.717, 1.165) is 38.5 Å². The molecule has 0 amide bonds. The molecule has 0 aromatic rings. The van der Waals surface area contributed by atoms with Gasteiger partial charge >= 0.3 is 0 Å². The maximum absolute atomic E-state index is 12.9. The lowest BCUT2D eigenvalue weighted by Gasteiger charge is -2.60. The van der Waals surface area contributed by atoms with Crippen molar-refractivity contribution in [3.05, 3.63) is 11.6 Å². The van der Waals surface area contributed by atoms with Crippen molar-refractivity contribution in [3.63, 3.8) is 0 Å². The molecule has 0 aromatic carbocycles. The van der Waals surface area contributed by atoms with Crippen LogP contribution in [0.4, 0.5) is 0 Å². The van der Waals surface area contributed by atoms with Gasteiger partial charge in [-0.05, 0) is 81.5 Å². The highest BCUT2D eigenvalue weighted by Gasteiger charge is 2.76. The van der Waals surface area contributed by atoms with Gasteiger partial charge in [-0.25, -0.2) is 0 Å². The summed E-state index contributed by atoms with van der Waals surface area (Å²) in [5, 5.41) is 108. The van der Waals surface area contributed by atoms with E-state index in [4.69, 9.17) is 42.6 Å². The predicted octanol–water partition coefficient (Wildman–Crippen LogP) is -0.698. The van der Waals surface area contributed by atoms with E-state index in [1.54, 1.807) is 7.11 Å². The number of fused-ring (bicyclic) bond motifs is 7. The molecule has 4 aliphatic carbocycles. The molecule has 0 unspecified atom stereocenters. The Morgan fingerprint density at radius 3 is 2.11 bits per heavy atom. The summed E-state index contributed by atoms with van der Waals surface area (Å²) in [6, 6.07) is 0. The molecular formula is C46H74O19. The summed E-state index contributed by atoms with van der Waals surface area (Å²) in [4.78, 5) is 0. The summed E-state index contributed by atoms with van der Waals surface area (Å²) in [5.74, 6) is 0.0340. The topological polar surface area (TPSA) is 285 Å². The van der Waals surface area contributed by atoms with Crippen molar-refractivity contribution in [2.75, 3.05) is 20.3 Å². The molecule has 1 spiro atoms. The Kier molecular flexibility index (Phi) is 13.6. The van der Waals surface area contributed by atoms with E-state index in [1.165, 1.54) is 12.5 Å². The van der Waals surface area contributed by atoms with Crippen LogP contribution in [0.1, 0.15) is 92.4 Å². The Hall–Kier alpha value is -1.02. The van der Waals surface area contributed by atoms with Gasteiger partial charge < -0.3 is 93.7 Å². The quantitative estimate of drug-likeness (QED) is 0.128. The lowest BCUT2D eigenvalue weighted by Crippen LogP contribution is -2.65. The second-order valence-corrected chi connectivity index (χ2v) is 21.5. The smallest absolute Gasteiger partial charge is 0.187 e. The first-order chi connectivity index (χ1) is 30.7. The second kappa shape index (κ2) is 18.0. The minimum atomic E-state index is -1.73.